The summed E-state index contributed by atoms with van der Waals surface area (Å²) in [5.74, 6) is 1.67. The van der Waals surface area contributed by atoms with E-state index >= 15 is 0 Å². The van der Waals surface area contributed by atoms with E-state index in [-0.39, 0.29) is 5.38 Å². The van der Waals surface area contributed by atoms with Crippen molar-refractivity contribution in [3.63, 3.8) is 0 Å². The van der Waals surface area contributed by atoms with Gasteiger partial charge < -0.3 is 9.30 Å². The van der Waals surface area contributed by atoms with Crippen molar-refractivity contribution in [1.82, 2.24) is 14.5 Å². The van der Waals surface area contributed by atoms with Crippen molar-refractivity contribution in [3.05, 3.63) is 54.1 Å². The van der Waals surface area contributed by atoms with E-state index in [1.54, 1.807) is 19.5 Å². The maximum atomic E-state index is 6.29. The summed E-state index contributed by atoms with van der Waals surface area (Å²) in [5.41, 5.74) is 3.10. The molecule has 0 saturated carbocycles. The van der Waals surface area contributed by atoms with E-state index in [2.05, 4.69) is 14.5 Å². The highest BCUT2D eigenvalue weighted by atomic mass is 35.5. The minimum Gasteiger partial charge on any atom is -0.497 e. The second-order valence-corrected chi connectivity index (χ2v) is 5.54. The molecule has 108 valence electrons. The number of alkyl halides is 1. The molecule has 0 amide bonds. The van der Waals surface area contributed by atoms with Crippen LogP contribution in [0, 0.1) is 0 Å². The fourth-order valence-corrected chi connectivity index (χ4v) is 2.56. The summed E-state index contributed by atoms with van der Waals surface area (Å²) in [6.07, 6.45) is 3.58. The monoisotopic (exact) mass is 301 g/mol. The number of benzene rings is 1. The van der Waals surface area contributed by atoms with Crippen LogP contribution in [-0.4, -0.2) is 21.6 Å². The Labute approximate surface area is 128 Å². The summed E-state index contributed by atoms with van der Waals surface area (Å²) in [6, 6.07) is 9.85. The molecule has 21 heavy (non-hydrogen) atoms. The number of hydrogen-bond donors (Lipinski definition) is 0. The molecule has 3 rings (SSSR count). The van der Waals surface area contributed by atoms with Gasteiger partial charge in [-0.1, -0.05) is 0 Å². The quantitative estimate of drug-likeness (QED) is 0.688. The molecule has 1 unspecified atom stereocenters. The summed E-state index contributed by atoms with van der Waals surface area (Å²) >= 11 is 6.29. The first-order valence-corrected chi connectivity index (χ1v) is 7.20. The summed E-state index contributed by atoms with van der Waals surface area (Å²) in [7, 11) is 1.66. The second kappa shape index (κ2) is 5.74. The summed E-state index contributed by atoms with van der Waals surface area (Å²) in [4.78, 5) is 8.69. The van der Waals surface area contributed by atoms with Crippen LogP contribution in [0.5, 0.6) is 5.75 Å². The predicted octanol–water partition coefficient (Wildman–Crippen LogP) is 3.79. The summed E-state index contributed by atoms with van der Waals surface area (Å²) in [6.45, 7) is 2.64. The number of aromatic nitrogens is 3. The van der Waals surface area contributed by atoms with Crippen molar-refractivity contribution in [1.29, 1.82) is 0 Å². The van der Waals surface area contributed by atoms with E-state index in [4.69, 9.17) is 16.3 Å². The standard InChI is InChI=1S/C16H16ClN3O/c1-11(17)16-19-14-4-3-13(21-2)9-15(14)20(16)10-12-5-7-18-8-6-12/h3-9,11H,10H2,1-2H3. The molecule has 5 heteroatoms. The number of nitrogens with zero attached hydrogens (tertiary/aromatic N) is 3. The molecule has 0 radical (unpaired) electrons. The van der Waals surface area contributed by atoms with Crippen LogP contribution in [0.1, 0.15) is 23.7 Å². The number of rotatable bonds is 4. The minimum atomic E-state index is -0.162. The van der Waals surface area contributed by atoms with Gasteiger partial charge in [-0.05, 0) is 36.8 Å². The van der Waals surface area contributed by atoms with Gasteiger partial charge in [-0.3, -0.25) is 4.98 Å². The van der Waals surface area contributed by atoms with Gasteiger partial charge in [0.15, 0.2) is 0 Å². The average Bonchev–Trinajstić information content (AvgIpc) is 2.86. The number of imidazole rings is 1. The third kappa shape index (κ3) is 2.72. The van der Waals surface area contributed by atoms with Crippen molar-refractivity contribution in [2.75, 3.05) is 7.11 Å². The SMILES string of the molecule is COc1ccc2nc(C(C)Cl)n(Cc3ccncc3)c2c1. The van der Waals surface area contributed by atoms with Gasteiger partial charge in [0.25, 0.3) is 0 Å². The molecule has 4 nitrogen and oxygen atoms in total. The third-order valence-corrected chi connectivity index (χ3v) is 3.63. The zero-order valence-electron chi connectivity index (χ0n) is 12.0. The summed E-state index contributed by atoms with van der Waals surface area (Å²) in [5, 5.41) is -0.162. The van der Waals surface area contributed by atoms with Crippen LogP contribution in [0.15, 0.2) is 42.7 Å². The lowest BCUT2D eigenvalue weighted by Gasteiger charge is -2.11. The number of fused-ring (bicyclic) bond motifs is 1. The van der Waals surface area contributed by atoms with Crippen molar-refractivity contribution < 1.29 is 4.74 Å². The van der Waals surface area contributed by atoms with Gasteiger partial charge in [-0.2, -0.15) is 0 Å². The Hall–Kier alpha value is -2.07. The maximum absolute atomic E-state index is 6.29. The lowest BCUT2D eigenvalue weighted by atomic mass is 10.2. The average molecular weight is 302 g/mol. The lowest BCUT2D eigenvalue weighted by Crippen LogP contribution is -2.05. The Morgan fingerprint density at radius 2 is 2.00 bits per heavy atom. The predicted molar refractivity (Wildman–Crippen MR) is 83.9 cm³/mol. The highest BCUT2D eigenvalue weighted by Crippen LogP contribution is 2.28. The third-order valence-electron chi connectivity index (χ3n) is 3.43. The first-order chi connectivity index (χ1) is 10.2. The van der Waals surface area contributed by atoms with Crippen LogP contribution in [0.25, 0.3) is 11.0 Å². The maximum Gasteiger partial charge on any atom is 0.128 e. The van der Waals surface area contributed by atoms with E-state index in [9.17, 15) is 0 Å². The Morgan fingerprint density at radius 3 is 2.67 bits per heavy atom. The van der Waals surface area contributed by atoms with Gasteiger partial charge in [0, 0.05) is 25.0 Å². The summed E-state index contributed by atoms with van der Waals surface area (Å²) < 4.78 is 7.44. The molecule has 0 aliphatic rings. The van der Waals surface area contributed by atoms with Crippen molar-refractivity contribution in [3.8, 4) is 5.75 Å². The molecule has 0 aliphatic carbocycles. The van der Waals surface area contributed by atoms with Crippen LogP contribution >= 0.6 is 11.6 Å². The molecule has 2 heterocycles. The molecular weight excluding hydrogens is 286 g/mol. The molecule has 2 aromatic heterocycles. The minimum absolute atomic E-state index is 0.162. The van der Waals surface area contributed by atoms with Gasteiger partial charge in [-0.15, -0.1) is 11.6 Å². The molecule has 0 N–H and O–H groups in total. The lowest BCUT2D eigenvalue weighted by molar-refractivity contribution is 0.415. The van der Waals surface area contributed by atoms with E-state index in [0.717, 1.165) is 28.2 Å². The van der Waals surface area contributed by atoms with Crippen LogP contribution in [0.3, 0.4) is 0 Å². The Kier molecular flexibility index (Phi) is 3.80. The number of halogens is 1. The van der Waals surface area contributed by atoms with E-state index in [1.807, 2.05) is 37.3 Å². The van der Waals surface area contributed by atoms with E-state index in [0.29, 0.717) is 6.54 Å². The largest absolute Gasteiger partial charge is 0.497 e. The van der Waals surface area contributed by atoms with E-state index < -0.39 is 0 Å². The van der Waals surface area contributed by atoms with Gasteiger partial charge in [0.2, 0.25) is 0 Å². The highest BCUT2D eigenvalue weighted by molar-refractivity contribution is 6.20. The fraction of sp³-hybridized carbons (Fsp3) is 0.250. The van der Waals surface area contributed by atoms with Crippen LogP contribution in [-0.2, 0) is 6.54 Å². The second-order valence-electron chi connectivity index (χ2n) is 4.88. The normalized spacial score (nSPS) is 12.5. The molecule has 1 aromatic carbocycles. The van der Waals surface area contributed by atoms with Crippen LogP contribution in [0.2, 0.25) is 0 Å². The van der Waals surface area contributed by atoms with Gasteiger partial charge >= 0.3 is 0 Å². The smallest absolute Gasteiger partial charge is 0.128 e. The zero-order chi connectivity index (χ0) is 14.8. The molecular formula is C16H16ClN3O. The highest BCUT2D eigenvalue weighted by Gasteiger charge is 2.15. The van der Waals surface area contributed by atoms with Gasteiger partial charge in [-0.25, -0.2) is 4.98 Å². The molecule has 3 aromatic rings. The molecule has 0 bridgehead atoms. The van der Waals surface area contributed by atoms with Crippen molar-refractivity contribution >= 4 is 22.6 Å². The number of pyridine rings is 1. The number of ether oxygens (including phenoxy) is 1. The topological polar surface area (TPSA) is 39.9 Å². The van der Waals surface area contributed by atoms with Crippen LogP contribution < -0.4 is 4.74 Å². The first-order valence-electron chi connectivity index (χ1n) is 6.76. The van der Waals surface area contributed by atoms with Gasteiger partial charge in [0.05, 0.1) is 23.5 Å². The molecule has 0 aliphatic heterocycles. The Balaban J connectivity index is 2.14. The molecule has 0 spiro atoms. The molecule has 0 fully saturated rings. The number of methoxy groups -OCH3 is 1. The number of hydrogen-bond acceptors (Lipinski definition) is 3. The Morgan fingerprint density at radius 1 is 1.24 bits per heavy atom. The van der Waals surface area contributed by atoms with Crippen molar-refractivity contribution in [2.45, 2.75) is 18.8 Å². The van der Waals surface area contributed by atoms with E-state index in [1.165, 1.54) is 0 Å². The van der Waals surface area contributed by atoms with Gasteiger partial charge in [0.1, 0.15) is 11.6 Å². The van der Waals surface area contributed by atoms with Crippen molar-refractivity contribution in [2.24, 2.45) is 0 Å². The molecule has 0 saturated heterocycles. The zero-order valence-corrected chi connectivity index (χ0v) is 12.7. The van der Waals surface area contributed by atoms with Crippen LogP contribution in [0.4, 0.5) is 0 Å². The Bertz CT molecular complexity index is 753. The molecule has 1 atom stereocenters. The fourth-order valence-electron chi connectivity index (χ4n) is 2.39. The first kappa shape index (κ1) is 13.9.